The molecule has 3 aromatic rings. The molecule has 10 heteroatoms. The third-order valence-corrected chi connectivity index (χ3v) is 7.37. The maximum Gasteiger partial charge on any atom is 0.328 e. The van der Waals surface area contributed by atoms with E-state index in [0.29, 0.717) is 18.1 Å². The van der Waals surface area contributed by atoms with Crippen molar-refractivity contribution in [2.75, 3.05) is 27.7 Å². The van der Waals surface area contributed by atoms with Crippen molar-refractivity contribution < 1.29 is 14.4 Å². The summed E-state index contributed by atoms with van der Waals surface area (Å²) in [6.45, 7) is 8.09. The van der Waals surface area contributed by atoms with E-state index in [-0.39, 0.29) is 29.8 Å². The molecule has 1 saturated heterocycles. The molecule has 3 amide bonds. The van der Waals surface area contributed by atoms with Crippen LogP contribution in [0.3, 0.4) is 0 Å². The van der Waals surface area contributed by atoms with Crippen molar-refractivity contribution in [3.05, 3.63) is 48.0 Å². The molecule has 39 heavy (non-hydrogen) atoms. The summed E-state index contributed by atoms with van der Waals surface area (Å²) in [6.07, 6.45) is 3.44. The van der Waals surface area contributed by atoms with Crippen molar-refractivity contribution in [2.24, 2.45) is 5.92 Å². The van der Waals surface area contributed by atoms with Crippen LogP contribution < -0.4 is 10.6 Å². The van der Waals surface area contributed by atoms with Gasteiger partial charge in [0.1, 0.15) is 11.9 Å². The van der Waals surface area contributed by atoms with Crippen LogP contribution in [-0.4, -0.2) is 82.0 Å². The first-order valence-electron chi connectivity index (χ1n) is 13.5. The van der Waals surface area contributed by atoms with Crippen LogP contribution in [0.4, 0.5) is 4.79 Å². The fourth-order valence-electron chi connectivity index (χ4n) is 5.10. The number of rotatable bonds is 7. The number of carbonyl (C=O) groups is 3. The minimum Gasteiger partial charge on any atom is -0.343 e. The lowest BCUT2D eigenvalue weighted by molar-refractivity contribution is -0.139. The Bertz CT molecular complexity index is 1380. The average Bonchev–Trinajstić information content (AvgIpc) is 3.55. The van der Waals surface area contributed by atoms with Crippen LogP contribution >= 0.6 is 0 Å². The maximum absolute atomic E-state index is 13.8. The van der Waals surface area contributed by atoms with Gasteiger partial charge in [-0.2, -0.15) is 0 Å². The minimum atomic E-state index is -0.633. The largest absolute Gasteiger partial charge is 0.343 e. The van der Waals surface area contributed by atoms with Crippen LogP contribution in [0, 0.1) is 12.8 Å². The number of likely N-dealkylation sites (tertiary alicyclic amines) is 1. The van der Waals surface area contributed by atoms with Crippen molar-refractivity contribution in [3.63, 3.8) is 0 Å². The molecule has 0 saturated carbocycles. The Kier molecular flexibility index (Phi) is 8.34. The third-order valence-electron chi connectivity index (χ3n) is 7.37. The second-order valence-corrected chi connectivity index (χ2v) is 10.8. The van der Waals surface area contributed by atoms with Crippen LogP contribution in [0.1, 0.15) is 51.2 Å². The molecule has 208 valence electrons. The minimum absolute atomic E-state index is 0.0742. The molecule has 1 aliphatic rings. The van der Waals surface area contributed by atoms with E-state index in [1.54, 1.807) is 32.6 Å². The summed E-state index contributed by atoms with van der Waals surface area (Å²) >= 11 is 0. The van der Waals surface area contributed by atoms with Crippen molar-refractivity contribution >= 4 is 28.7 Å². The molecule has 4 rings (SSSR count). The molecule has 3 heterocycles. The van der Waals surface area contributed by atoms with Crippen molar-refractivity contribution in [3.8, 4) is 11.3 Å². The lowest BCUT2D eigenvalue weighted by atomic mass is 10.0. The first kappa shape index (κ1) is 28.2. The van der Waals surface area contributed by atoms with Gasteiger partial charge in [0.05, 0.1) is 29.0 Å². The van der Waals surface area contributed by atoms with Gasteiger partial charge in [-0.1, -0.05) is 32.0 Å². The smallest absolute Gasteiger partial charge is 0.328 e. The highest BCUT2D eigenvalue weighted by molar-refractivity contribution is 6.00. The van der Waals surface area contributed by atoms with Crippen LogP contribution in [-0.2, 0) is 9.59 Å². The predicted octanol–water partition coefficient (Wildman–Crippen LogP) is 3.35. The van der Waals surface area contributed by atoms with E-state index >= 15 is 0 Å². The molecule has 0 aliphatic carbocycles. The van der Waals surface area contributed by atoms with E-state index in [1.165, 1.54) is 4.90 Å². The zero-order valence-corrected chi connectivity index (χ0v) is 23.9. The average molecular weight is 534 g/mol. The van der Waals surface area contributed by atoms with Gasteiger partial charge in [0, 0.05) is 37.8 Å². The van der Waals surface area contributed by atoms with Gasteiger partial charge < -0.3 is 20.4 Å². The fourth-order valence-corrected chi connectivity index (χ4v) is 5.10. The first-order chi connectivity index (χ1) is 18.5. The Hall–Kier alpha value is -3.79. The van der Waals surface area contributed by atoms with Gasteiger partial charge in [-0.25, -0.2) is 14.8 Å². The Morgan fingerprint density at radius 2 is 1.82 bits per heavy atom. The zero-order chi connectivity index (χ0) is 28.4. The van der Waals surface area contributed by atoms with Crippen LogP contribution in [0.15, 0.2) is 36.5 Å². The summed E-state index contributed by atoms with van der Waals surface area (Å²) in [7, 11) is 5.17. The van der Waals surface area contributed by atoms with Crippen molar-refractivity contribution in [2.45, 2.75) is 58.7 Å². The van der Waals surface area contributed by atoms with Crippen molar-refractivity contribution in [1.29, 1.82) is 0 Å². The fraction of sp³-hybridized carbons (Fsp3) is 0.483. The molecular weight excluding hydrogens is 494 g/mol. The first-order valence-corrected chi connectivity index (χ1v) is 13.5. The summed E-state index contributed by atoms with van der Waals surface area (Å²) in [5.74, 6) is 0.211. The Morgan fingerprint density at radius 3 is 2.49 bits per heavy atom. The van der Waals surface area contributed by atoms with E-state index in [1.807, 2.05) is 62.2 Å². The quantitative estimate of drug-likeness (QED) is 0.482. The van der Waals surface area contributed by atoms with Crippen molar-refractivity contribution in [1.82, 2.24) is 35.0 Å². The second kappa shape index (κ2) is 11.5. The van der Waals surface area contributed by atoms with Gasteiger partial charge in [-0.3, -0.25) is 14.2 Å². The zero-order valence-electron chi connectivity index (χ0n) is 23.9. The molecule has 2 aromatic heterocycles. The summed E-state index contributed by atoms with van der Waals surface area (Å²) in [5, 5.41) is 6.79. The third kappa shape index (κ3) is 5.66. The Balaban J connectivity index is 1.71. The molecule has 1 aliphatic heterocycles. The molecule has 10 nitrogen and oxygen atoms in total. The second-order valence-electron chi connectivity index (χ2n) is 10.8. The van der Waals surface area contributed by atoms with E-state index in [2.05, 4.69) is 10.6 Å². The Morgan fingerprint density at radius 1 is 1.10 bits per heavy atom. The SMILES string of the molecule is CN[C@@H](C)C(=O)N[C@H](C(=O)N1CCC[C@H]1c1cc(-c2cn(C(=O)N(C)C)c3ccccc23)nc(C)n1)C(C)C. The number of amides is 3. The number of nitrogens with zero attached hydrogens (tertiary/aromatic N) is 5. The molecule has 0 unspecified atom stereocenters. The maximum atomic E-state index is 13.8. The molecule has 1 fully saturated rings. The molecule has 0 spiro atoms. The number of hydrogen-bond acceptors (Lipinski definition) is 6. The van der Waals surface area contributed by atoms with Gasteiger partial charge >= 0.3 is 6.03 Å². The molecule has 3 atom stereocenters. The highest BCUT2D eigenvalue weighted by atomic mass is 16.2. The van der Waals surface area contributed by atoms with Crippen LogP contribution in [0.2, 0.25) is 0 Å². The van der Waals surface area contributed by atoms with Gasteiger partial charge in [0.2, 0.25) is 11.8 Å². The van der Waals surface area contributed by atoms with E-state index in [4.69, 9.17) is 9.97 Å². The van der Waals surface area contributed by atoms with Gasteiger partial charge in [0.15, 0.2) is 0 Å². The summed E-state index contributed by atoms with van der Waals surface area (Å²) < 4.78 is 1.63. The highest BCUT2D eigenvalue weighted by Gasteiger charge is 2.37. The molecule has 1 aromatic carbocycles. The van der Waals surface area contributed by atoms with E-state index < -0.39 is 12.1 Å². The molecule has 2 N–H and O–H groups in total. The monoisotopic (exact) mass is 533 g/mol. The normalized spacial score (nSPS) is 16.9. The van der Waals surface area contributed by atoms with Crippen LogP contribution in [0.5, 0.6) is 0 Å². The summed E-state index contributed by atoms with van der Waals surface area (Å²) in [6, 6.07) is 8.27. The lowest BCUT2D eigenvalue weighted by Gasteiger charge is -2.31. The number of fused-ring (bicyclic) bond motifs is 1. The number of likely N-dealkylation sites (N-methyl/N-ethyl adjacent to an activating group) is 1. The van der Waals surface area contributed by atoms with Gasteiger partial charge in [-0.15, -0.1) is 0 Å². The number of para-hydroxylation sites is 1. The topological polar surface area (TPSA) is 112 Å². The van der Waals surface area contributed by atoms with Gasteiger partial charge in [-0.05, 0) is 51.8 Å². The number of nitrogens with one attached hydrogen (secondary N) is 2. The van der Waals surface area contributed by atoms with E-state index in [0.717, 1.165) is 35.0 Å². The number of hydrogen-bond donors (Lipinski definition) is 2. The number of aromatic nitrogens is 3. The summed E-state index contributed by atoms with van der Waals surface area (Å²) in [4.78, 5) is 52.1. The molecule has 0 bridgehead atoms. The molecular formula is C29H39N7O3. The number of aryl methyl sites for hydroxylation is 1. The Labute approximate surface area is 229 Å². The number of benzene rings is 1. The summed E-state index contributed by atoms with van der Waals surface area (Å²) in [5.41, 5.74) is 3.09. The van der Waals surface area contributed by atoms with Gasteiger partial charge in [0.25, 0.3) is 0 Å². The lowest BCUT2D eigenvalue weighted by Crippen LogP contribution is -2.54. The predicted molar refractivity (Wildman–Crippen MR) is 151 cm³/mol. The standard InChI is InChI=1S/C29H39N7O3/c1-17(2)26(33-27(37)18(3)30-5)28(38)35-14-10-13-25(35)23-15-22(31-19(4)32-23)21-16-36(29(39)34(6)7)24-12-9-8-11-20(21)24/h8-9,11-12,15-18,25-26,30H,10,13-14H2,1-7H3,(H,33,37)/t18-,25-,26-/m0/s1. The van der Waals surface area contributed by atoms with Crippen LogP contribution in [0.25, 0.3) is 22.2 Å². The highest BCUT2D eigenvalue weighted by Crippen LogP contribution is 2.35. The number of carbonyl (C=O) groups excluding carboxylic acids is 3. The van der Waals surface area contributed by atoms with E-state index in [9.17, 15) is 14.4 Å². The molecule has 0 radical (unpaired) electrons.